The Hall–Kier alpha value is -3.72. The number of amides is 3. The lowest BCUT2D eigenvalue weighted by atomic mass is 9.95. The zero-order chi connectivity index (χ0) is 23.2. The normalized spacial score (nSPS) is 12.5. The molecule has 0 bridgehead atoms. The van der Waals surface area contributed by atoms with Crippen molar-refractivity contribution in [3.63, 3.8) is 0 Å². The van der Waals surface area contributed by atoms with Gasteiger partial charge in [0.2, 0.25) is 5.91 Å². The molecule has 8 nitrogen and oxygen atoms in total. The maximum absolute atomic E-state index is 13.3. The van der Waals surface area contributed by atoms with Crippen LogP contribution >= 0.6 is 11.3 Å². The fraction of sp³-hybridized carbons (Fsp3) is 0.250. The molecule has 2 aromatic heterocycles. The first-order valence-electron chi connectivity index (χ1n) is 10.7. The van der Waals surface area contributed by atoms with Crippen LogP contribution in [0.5, 0.6) is 5.75 Å². The predicted octanol–water partition coefficient (Wildman–Crippen LogP) is 3.78. The third kappa shape index (κ3) is 5.56. The van der Waals surface area contributed by atoms with Gasteiger partial charge < -0.3 is 21.1 Å². The quantitative estimate of drug-likeness (QED) is 0.468. The average Bonchev–Trinajstić information content (AvgIpc) is 3.18. The number of aryl methyl sites for hydroxylation is 1. The molecule has 1 aliphatic carbocycles. The highest BCUT2D eigenvalue weighted by Crippen LogP contribution is 2.38. The number of rotatable bonds is 8. The molecule has 1 aromatic carbocycles. The summed E-state index contributed by atoms with van der Waals surface area (Å²) in [5.74, 6) is -0.414. The van der Waals surface area contributed by atoms with Gasteiger partial charge in [-0.05, 0) is 67.6 Å². The minimum Gasteiger partial charge on any atom is -0.493 e. The van der Waals surface area contributed by atoms with Crippen molar-refractivity contribution in [1.82, 2.24) is 4.98 Å². The highest BCUT2D eigenvalue weighted by Gasteiger charge is 2.26. The molecular formula is C24H24N4O4S. The van der Waals surface area contributed by atoms with Gasteiger partial charge in [-0.15, -0.1) is 11.3 Å². The lowest BCUT2D eigenvalue weighted by Gasteiger charge is -2.13. The standard InChI is InChI=1S/C24H24N4O4S/c25-20(29)11-13-32-17-9-7-16(8-10-17)27-23(31)21-18-5-1-2-6-19(18)33-24(21)28-22(30)15-4-3-12-26-14-15/h3-4,7-10,12,14H,1-2,5-6,11,13H2,(H2,25,29)(H,27,31)(H,28,30). The Morgan fingerprint density at radius 3 is 2.55 bits per heavy atom. The second-order valence-electron chi connectivity index (χ2n) is 7.65. The van der Waals surface area contributed by atoms with E-state index < -0.39 is 5.91 Å². The minimum absolute atomic E-state index is 0.134. The summed E-state index contributed by atoms with van der Waals surface area (Å²) in [6.45, 7) is 0.197. The maximum Gasteiger partial charge on any atom is 0.258 e. The molecule has 4 N–H and O–H groups in total. The molecule has 0 fully saturated rings. The molecule has 0 unspecified atom stereocenters. The summed E-state index contributed by atoms with van der Waals surface area (Å²) in [4.78, 5) is 41.9. The number of hydrogen-bond acceptors (Lipinski definition) is 6. The molecule has 2 heterocycles. The van der Waals surface area contributed by atoms with Crippen LogP contribution in [0.2, 0.25) is 0 Å². The number of nitrogens with zero attached hydrogens (tertiary/aromatic N) is 1. The summed E-state index contributed by atoms with van der Waals surface area (Å²) in [5, 5.41) is 6.39. The summed E-state index contributed by atoms with van der Waals surface area (Å²) in [6, 6.07) is 10.3. The Kier molecular flexibility index (Phi) is 6.99. The summed E-state index contributed by atoms with van der Waals surface area (Å²) in [6.07, 6.45) is 7.03. The number of hydrogen-bond donors (Lipinski definition) is 3. The van der Waals surface area contributed by atoms with Gasteiger partial charge in [-0.1, -0.05) is 0 Å². The summed E-state index contributed by atoms with van der Waals surface area (Å²) < 4.78 is 5.46. The van der Waals surface area contributed by atoms with Crippen molar-refractivity contribution in [3.8, 4) is 5.75 Å². The lowest BCUT2D eigenvalue weighted by Crippen LogP contribution is -2.18. The van der Waals surface area contributed by atoms with Crippen LogP contribution in [0.15, 0.2) is 48.8 Å². The van der Waals surface area contributed by atoms with Crippen molar-refractivity contribution in [2.45, 2.75) is 32.1 Å². The van der Waals surface area contributed by atoms with Crippen LogP contribution in [0.1, 0.15) is 50.4 Å². The van der Waals surface area contributed by atoms with Crippen LogP contribution in [-0.4, -0.2) is 29.3 Å². The topological polar surface area (TPSA) is 123 Å². The Morgan fingerprint density at radius 1 is 1.03 bits per heavy atom. The molecule has 1 aliphatic rings. The summed E-state index contributed by atoms with van der Waals surface area (Å²) in [7, 11) is 0. The van der Waals surface area contributed by atoms with E-state index in [1.807, 2.05) is 0 Å². The zero-order valence-electron chi connectivity index (χ0n) is 17.9. The minimum atomic E-state index is -0.426. The SMILES string of the molecule is NC(=O)CCOc1ccc(NC(=O)c2c(NC(=O)c3cccnc3)sc3c2CCCC3)cc1. The van der Waals surface area contributed by atoms with E-state index in [9.17, 15) is 14.4 Å². The molecule has 33 heavy (non-hydrogen) atoms. The van der Waals surface area contributed by atoms with E-state index in [4.69, 9.17) is 10.5 Å². The molecule has 0 radical (unpaired) electrons. The molecule has 3 amide bonds. The van der Waals surface area contributed by atoms with E-state index in [2.05, 4.69) is 15.6 Å². The molecule has 3 aromatic rings. The van der Waals surface area contributed by atoms with Gasteiger partial charge in [0.1, 0.15) is 10.8 Å². The average molecular weight is 465 g/mol. The van der Waals surface area contributed by atoms with E-state index in [0.717, 1.165) is 36.1 Å². The van der Waals surface area contributed by atoms with Crippen LogP contribution in [0.3, 0.4) is 0 Å². The number of carbonyl (C=O) groups is 3. The van der Waals surface area contributed by atoms with E-state index >= 15 is 0 Å². The first-order valence-corrected chi connectivity index (χ1v) is 11.5. The number of pyridine rings is 1. The number of fused-ring (bicyclic) bond motifs is 1. The largest absolute Gasteiger partial charge is 0.493 e. The van der Waals surface area contributed by atoms with Gasteiger partial charge in [0.25, 0.3) is 11.8 Å². The molecule has 0 saturated heterocycles. The van der Waals surface area contributed by atoms with Crippen molar-refractivity contribution < 1.29 is 19.1 Å². The number of thiophene rings is 1. The second-order valence-corrected chi connectivity index (χ2v) is 8.76. The van der Waals surface area contributed by atoms with Crippen LogP contribution in [0, 0.1) is 0 Å². The number of nitrogens with two attached hydrogens (primary N) is 1. The highest BCUT2D eigenvalue weighted by atomic mass is 32.1. The van der Waals surface area contributed by atoms with Crippen molar-refractivity contribution in [1.29, 1.82) is 0 Å². The fourth-order valence-electron chi connectivity index (χ4n) is 3.66. The van der Waals surface area contributed by atoms with Crippen LogP contribution in [0.25, 0.3) is 0 Å². The van der Waals surface area contributed by atoms with Crippen LogP contribution < -0.4 is 21.1 Å². The molecule has 0 spiro atoms. The second kappa shape index (κ2) is 10.3. The lowest BCUT2D eigenvalue weighted by molar-refractivity contribution is -0.118. The maximum atomic E-state index is 13.3. The van der Waals surface area contributed by atoms with Crippen molar-refractivity contribution in [2.24, 2.45) is 5.73 Å². The molecule has 4 rings (SSSR count). The van der Waals surface area contributed by atoms with Crippen molar-refractivity contribution in [2.75, 3.05) is 17.2 Å². The fourth-order valence-corrected chi connectivity index (χ4v) is 4.95. The Labute approximate surface area is 195 Å². The number of aromatic nitrogens is 1. The number of nitrogens with one attached hydrogen (secondary N) is 2. The third-order valence-electron chi connectivity index (χ3n) is 5.28. The molecule has 9 heteroatoms. The number of anilines is 2. The van der Waals surface area contributed by atoms with Crippen molar-refractivity contribution >= 4 is 39.7 Å². The first kappa shape index (κ1) is 22.5. The van der Waals surface area contributed by atoms with E-state index in [0.29, 0.717) is 27.6 Å². The summed E-state index contributed by atoms with van der Waals surface area (Å²) in [5.41, 5.74) is 7.68. The molecule has 0 saturated carbocycles. The third-order valence-corrected chi connectivity index (χ3v) is 6.49. The highest BCUT2D eigenvalue weighted by molar-refractivity contribution is 7.17. The van der Waals surface area contributed by atoms with Gasteiger partial charge in [0.15, 0.2) is 0 Å². The zero-order valence-corrected chi connectivity index (χ0v) is 18.7. The van der Waals surface area contributed by atoms with E-state index in [-0.39, 0.29) is 24.8 Å². The van der Waals surface area contributed by atoms with Gasteiger partial charge >= 0.3 is 0 Å². The predicted molar refractivity (Wildman–Crippen MR) is 127 cm³/mol. The number of ether oxygens (including phenoxy) is 1. The van der Waals surface area contributed by atoms with Gasteiger partial charge in [0, 0.05) is 23.0 Å². The van der Waals surface area contributed by atoms with E-state index in [1.54, 1.807) is 42.6 Å². The molecule has 170 valence electrons. The monoisotopic (exact) mass is 464 g/mol. The molecular weight excluding hydrogens is 440 g/mol. The van der Waals surface area contributed by atoms with Crippen LogP contribution in [-0.2, 0) is 17.6 Å². The Morgan fingerprint density at radius 2 is 1.82 bits per heavy atom. The Balaban J connectivity index is 1.51. The molecule has 0 aliphatic heterocycles. The van der Waals surface area contributed by atoms with Crippen LogP contribution in [0.4, 0.5) is 10.7 Å². The van der Waals surface area contributed by atoms with Gasteiger partial charge in [-0.2, -0.15) is 0 Å². The van der Waals surface area contributed by atoms with Crippen molar-refractivity contribution in [3.05, 3.63) is 70.4 Å². The number of benzene rings is 1. The van der Waals surface area contributed by atoms with E-state index in [1.165, 1.54) is 17.5 Å². The summed E-state index contributed by atoms with van der Waals surface area (Å²) >= 11 is 1.47. The molecule has 0 atom stereocenters. The number of primary amides is 1. The number of carbonyl (C=O) groups excluding carboxylic acids is 3. The Bertz CT molecular complexity index is 1160. The van der Waals surface area contributed by atoms with Gasteiger partial charge in [0.05, 0.1) is 24.2 Å². The van der Waals surface area contributed by atoms with Gasteiger partial charge in [-0.3, -0.25) is 19.4 Å². The smallest absolute Gasteiger partial charge is 0.258 e. The van der Waals surface area contributed by atoms with Gasteiger partial charge in [-0.25, -0.2) is 0 Å². The first-order chi connectivity index (χ1) is 16.0.